The lowest BCUT2D eigenvalue weighted by Gasteiger charge is -2.33. The van der Waals surface area contributed by atoms with Gasteiger partial charge in [0.25, 0.3) is 11.5 Å². The second-order valence-electron chi connectivity index (χ2n) is 12.0. The van der Waals surface area contributed by atoms with Crippen LogP contribution in [0.2, 0.25) is 0 Å². The number of pyridine rings is 1. The normalized spacial score (nSPS) is 13.6. The number of carbonyl (C=O) groups excluding carboxylic acids is 2. The predicted octanol–water partition coefficient (Wildman–Crippen LogP) is 5.06. The third kappa shape index (κ3) is 5.83. The smallest absolute Gasteiger partial charge is 0.269 e. The highest BCUT2D eigenvalue weighted by atomic mass is 19.1. The van der Waals surface area contributed by atoms with E-state index in [1.165, 1.54) is 36.7 Å². The number of amides is 2. The van der Waals surface area contributed by atoms with Gasteiger partial charge in [-0.2, -0.15) is 10.4 Å². The standard InChI is InChI=1S/C35H33FN8O3/c1-20(2)34(46)42-14-12-23(13-15-42)29-17-27(31-32(38)39-19-40-44(29)31)22-4-8-25(9-5-22)41-33(45)28-16-21(3)30(18-37)43(35(28)47)26-10-6-24(36)7-11-26/h4-11,16-17,19-20,23H,12-15H2,1-3H3,(H,41,45)(H2,38,39,40). The first-order valence-corrected chi connectivity index (χ1v) is 15.3. The molecular formula is C35H33FN8O3. The van der Waals surface area contributed by atoms with E-state index in [9.17, 15) is 24.0 Å². The maximum Gasteiger partial charge on any atom is 0.269 e. The Hall–Kier alpha value is -5.83. The van der Waals surface area contributed by atoms with Gasteiger partial charge in [0.1, 0.15) is 35.0 Å². The summed E-state index contributed by atoms with van der Waals surface area (Å²) in [5, 5.41) is 17.0. The molecule has 0 spiro atoms. The molecule has 11 nitrogen and oxygen atoms in total. The van der Waals surface area contributed by atoms with E-state index in [0.717, 1.165) is 34.2 Å². The van der Waals surface area contributed by atoms with Crippen LogP contribution in [-0.2, 0) is 4.79 Å². The van der Waals surface area contributed by atoms with E-state index < -0.39 is 17.3 Å². The van der Waals surface area contributed by atoms with Gasteiger partial charge in [-0.3, -0.25) is 19.0 Å². The fourth-order valence-corrected chi connectivity index (χ4v) is 6.18. The number of piperidine rings is 1. The number of halogens is 1. The van der Waals surface area contributed by atoms with Crippen LogP contribution in [0.25, 0.3) is 22.3 Å². The average molecular weight is 633 g/mol. The van der Waals surface area contributed by atoms with Crippen molar-refractivity contribution in [3.8, 4) is 22.9 Å². The number of nitrogens with two attached hydrogens (primary N) is 1. The van der Waals surface area contributed by atoms with E-state index in [-0.39, 0.29) is 34.7 Å². The minimum atomic E-state index is -0.699. The number of nitriles is 1. The van der Waals surface area contributed by atoms with E-state index in [0.29, 0.717) is 35.7 Å². The molecule has 2 aromatic carbocycles. The van der Waals surface area contributed by atoms with Gasteiger partial charge in [0.15, 0.2) is 5.82 Å². The van der Waals surface area contributed by atoms with Gasteiger partial charge in [-0.05, 0) is 79.4 Å². The molecule has 0 unspecified atom stereocenters. The Bertz CT molecular complexity index is 2100. The first-order valence-electron chi connectivity index (χ1n) is 15.3. The van der Waals surface area contributed by atoms with Crippen molar-refractivity contribution in [2.45, 2.75) is 39.5 Å². The molecule has 5 aromatic rings. The van der Waals surface area contributed by atoms with Crippen LogP contribution >= 0.6 is 0 Å². The first-order chi connectivity index (χ1) is 22.6. The summed E-state index contributed by atoms with van der Waals surface area (Å²) in [6.07, 6.45) is 3.04. The fraction of sp³-hybridized carbons (Fsp3) is 0.257. The SMILES string of the molecule is Cc1cc(C(=O)Nc2ccc(-c3cc(C4CCN(C(=O)C(C)C)CC4)n4ncnc(N)c34)cc2)c(=O)n(-c2ccc(F)cc2)c1C#N. The number of rotatable bonds is 6. The van der Waals surface area contributed by atoms with E-state index in [1.54, 1.807) is 19.1 Å². The number of carbonyl (C=O) groups is 2. The van der Waals surface area contributed by atoms with Crippen LogP contribution in [-0.4, -0.2) is 49.0 Å². The van der Waals surface area contributed by atoms with Gasteiger partial charge in [-0.15, -0.1) is 0 Å². The fourth-order valence-electron chi connectivity index (χ4n) is 6.18. The predicted molar refractivity (Wildman–Crippen MR) is 176 cm³/mol. The molecule has 238 valence electrons. The van der Waals surface area contributed by atoms with Crippen molar-refractivity contribution in [3.63, 3.8) is 0 Å². The number of hydrogen-bond donors (Lipinski definition) is 2. The molecule has 12 heteroatoms. The second-order valence-corrected chi connectivity index (χ2v) is 12.0. The van der Waals surface area contributed by atoms with Crippen molar-refractivity contribution in [1.29, 1.82) is 5.26 Å². The lowest BCUT2D eigenvalue weighted by Crippen LogP contribution is -2.40. The highest BCUT2D eigenvalue weighted by Gasteiger charge is 2.28. The number of hydrogen-bond acceptors (Lipinski definition) is 7. The molecule has 1 aliphatic rings. The zero-order valence-electron chi connectivity index (χ0n) is 26.2. The second kappa shape index (κ2) is 12.5. The summed E-state index contributed by atoms with van der Waals surface area (Å²) >= 11 is 0. The highest BCUT2D eigenvalue weighted by molar-refractivity contribution is 6.04. The minimum absolute atomic E-state index is 0.0408. The molecule has 1 fully saturated rings. The van der Waals surface area contributed by atoms with E-state index in [4.69, 9.17) is 5.73 Å². The molecule has 47 heavy (non-hydrogen) atoms. The zero-order chi connectivity index (χ0) is 33.4. The Balaban J connectivity index is 1.27. The van der Waals surface area contributed by atoms with Crippen molar-refractivity contribution in [3.05, 3.63) is 106 Å². The molecule has 0 aliphatic carbocycles. The van der Waals surface area contributed by atoms with Crippen molar-refractivity contribution in [2.24, 2.45) is 5.92 Å². The quantitative estimate of drug-likeness (QED) is 0.265. The topological polar surface area (TPSA) is 151 Å². The molecule has 1 aliphatic heterocycles. The number of anilines is 2. The van der Waals surface area contributed by atoms with Crippen LogP contribution in [0.1, 0.15) is 59.9 Å². The summed E-state index contributed by atoms with van der Waals surface area (Å²) in [6.45, 7) is 6.80. The van der Waals surface area contributed by atoms with E-state index in [2.05, 4.69) is 21.5 Å². The van der Waals surface area contributed by atoms with Crippen LogP contribution in [0.15, 0.2) is 71.8 Å². The number of aryl methyl sites for hydroxylation is 1. The maximum absolute atomic E-state index is 13.6. The number of likely N-dealkylation sites (tertiary alicyclic amines) is 1. The van der Waals surface area contributed by atoms with Gasteiger partial charge < -0.3 is 16.0 Å². The lowest BCUT2D eigenvalue weighted by molar-refractivity contribution is -0.135. The Morgan fingerprint density at radius 3 is 2.38 bits per heavy atom. The number of fused-ring (bicyclic) bond motifs is 1. The zero-order valence-corrected chi connectivity index (χ0v) is 26.2. The Morgan fingerprint density at radius 1 is 1.06 bits per heavy atom. The number of benzene rings is 2. The highest BCUT2D eigenvalue weighted by Crippen LogP contribution is 2.37. The van der Waals surface area contributed by atoms with Gasteiger partial charge >= 0.3 is 0 Å². The van der Waals surface area contributed by atoms with Gasteiger partial charge in [0.05, 0.1) is 5.69 Å². The maximum atomic E-state index is 13.6. The van der Waals surface area contributed by atoms with Gasteiger partial charge in [-0.25, -0.2) is 13.9 Å². The monoisotopic (exact) mass is 632 g/mol. The molecule has 6 rings (SSSR count). The van der Waals surface area contributed by atoms with Gasteiger partial charge in [-0.1, -0.05) is 26.0 Å². The molecule has 0 saturated carbocycles. The first kappa shape index (κ1) is 31.2. The Morgan fingerprint density at radius 2 is 1.74 bits per heavy atom. The molecule has 0 bridgehead atoms. The lowest BCUT2D eigenvalue weighted by atomic mass is 9.92. The third-order valence-electron chi connectivity index (χ3n) is 8.61. The van der Waals surface area contributed by atoms with Crippen LogP contribution in [0.4, 0.5) is 15.9 Å². The average Bonchev–Trinajstić information content (AvgIpc) is 3.47. The Labute approximate surface area is 270 Å². The summed E-state index contributed by atoms with van der Waals surface area (Å²) < 4.78 is 16.5. The molecule has 2 amide bonds. The summed E-state index contributed by atoms with van der Waals surface area (Å²) in [7, 11) is 0. The van der Waals surface area contributed by atoms with Crippen molar-refractivity contribution < 1.29 is 14.0 Å². The number of aromatic nitrogens is 4. The molecular weight excluding hydrogens is 599 g/mol. The van der Waals surface area contributed by atoms with Gasteiger partial charge in [0, 0.05) is 41.9 Å². The van der Waals surface area contributed by atoms with Gasteiger partial charge in [0.2, 0.25) is 5.91 Å². The van der Waals surface area contributed by atoms with Crippen LogP contribution in [0.3, 0.4) is 0 Å². The van der Waals surface area contributed by atoms with E-state index >= 15 is 0 Å². The summed E-state index contributed by atoms with van der Waals surface area (Å²) in [4.78, 5) is 45.5. The molecule has 0 radical (unpaired) electrons. The van der Waals surface area contributed by atoms with Crippen LogP contribution < -0.4 is 16.6 Å². The molecule has 3 aromatic heterocycles. The minimum Gasteiger partial charge on any atom is -0.382 e. The molecule has 1 saturated heterocycles. The molecule has 4 heterocycles. The molecule has 3 N–H and O–H groups in total. The van der Waals surface area contributed by atoms with Crippen molar-refractivity contribution >= 4 is 28.8 Å². The Kier molecular flexibility index (Phi) is 8.30. The number of nitrogen functional groups attached to an aromatic ring is 1. The largest absolute Gasteiger partial charge is 0.382 e. The third-order valence-corrected chi connectivity index (χ3v) is 8.61. The van der Waals surface area contributed by atoms with Crippen LogP contribution in [0, 0.1) is 30.0 Å². The van der Waals surface area contributed by atoms with Crippen molar-refractivity contribution in [1.82, 2.24) is 24.1 Å². The van der Waals surface area contributed by atoms with E-state index in [1.807, 2.05) is 41.5 Å². The summed E-state index contributed by atoms with van der Waals surface area (Å²) in [6, 6.07) is 17.7. The summed E-state index contributed by atoms with van der Waals surface area (Å²) in [5.74, 6) is -0.511. The van der Waals surface area contributed by atoms with Crippen molar-refractivity contribution in [2.75, 3.05) is 24.1 Å². The molecule has 0 atom stereocenters. The van der Waals surface area contributed by atoms with Crippen LogP contribution in [0.5, 0.6) is 0 Å². The number of nitrogens with one attached hydrogen (secondary N) is 1. The summed E-state index contributed by atoms with van der Waals surface area (Å²) in [5.41, 5.74) is 10.0. The number of nitrogens with zero attached hydrogens (tertiary/aromatic N) is 6.